The molecule has 2 aromatic carbocycles. The van der Waals surface area contributed by atoms with Gasteiger partial charge >= 0.3 is 12.1 Å². The molecule has 1 aromatic heterocycles. The highest BCUT2D eigenvalue weighted by Gasteiger charge is 2.38. The third-order valence-electron chi connectivity index (χ3n) is 9.02. The molecule has 1 fully saturated rings. The molecule has 0 saturated carbocycles. The number of rotatable bonds is 10. The summed E-state index contributed by atoms with van der Waals surface area (Å²) in [5, 5.41) is 12.4. The molecule has 12 heteroatoms. The smallest absolute Gasteiger partial charge is 0.416 e. The Morgan fingerprint density at radius 3 is 2.20 bits per heavy atom. The van der Waals surface area contributed by atoms with Gasteiger partial charge in [-0.25, -0.2) is 8.78 Å². The third-order valence-corrected chi connectivity index (χ3v) is 9.02. The van der Waals surface area contributed by atoms with Crippen LogP contribution < -0.4 is 10.9 Å². The minimum atomic E-state index is -4.81. The summed E-state index contributed by atoms with van der Waals surface area (Å²) < 4.78 is 73.6. The van der Waals surface area contributed by atoms with E-state index in [-0.39, 0.29) is 29.0 Å². The second kappa shape index (κ2) is 14.9. The number of benzene rings is 2. The average molecular weight is 686 g/mol. The van der Waals surface area contributed by atoms with Crippen LogP contribution in [0.1, 0.15) is 90.9 Å². The first kappa shape index (κ1) is 37.3. The Bertz CT molecular complexity index is 1810. The van der Waals surface area contributed by atoms with Crippen molar-refractivity contribution < 1.29 is 36.6 Å². The van der Waals surface area contributed by atoms with Crippen LogP contribution in [0.2, 0.25) is 0 Å². The molecule has 0 unspecified atom stereocenters. The van der Waals surface area contributed by atoms with Crippen molar-refractivity contribution in [2.45, 2.75) is 77.6 Å². The molecular formula is C37H40F5N3O4. The second-order valence-electron chi connectivity index (χ2n) is 13.3. The summed E-state index contributed by atoms with van der Waals surface area (Å²) in [6, 6.07) is 2.96. The number of nitrogens with zero attached hydrogens (tertiary/aromatic N) is 2. The van der Waals surface area contributed by atoms with Crippen molar-refractivity contribution in [1.82, 2.24) is 14.8 Å². The number of aromatic nitrogens is 1. The van der Waals surface area contributed by atoms with Crippen molar-refractivity contribution >= 4 is 11.9 Å². The first-order valence-corrected chi connectivity index (χ1v) is 16.0. The van der Waals surface area contributed by atoms with Crippen LogP contribution in [0.15, 0.2) is 41.3 Å². The van der Waals surface area contributed by atoms with E-state index >= 15 is 4.39 Å². The summed E-state index contributed by atoms with van der Waals surface area (Å²) >= 11 is 0. The molecule has 1 saturated heterocycles. The molecular weight excluding hydrogens is 645 g/mol. The maximum absolute atomic E-state index is 15.9. The van der Waals surface area contributed by atoms with Gasteiger partial charge in [-0.15, -0.1) is 6.42 Å². The van der Waals surface area contributed by atoms with Gasteiger partial charge < -0.3 is 19.9 Å². The molecule has 2 N–H and O–H groups in total. The van der Waals surface area contributed by atoms with E-state index in [2.05, 4.69) is 11.2 Å². The van der Waals surface area contributed by atoms with Crippen molar-refractivity contribution in [2.24, 2.45) is 5.92 Å². The number of nitrogens with one attached hydrogen (secondary N) is 1. The van der Waals surface area contributed by atoms with Crippen LogP contribution >= 0.6 is 0 Å². The number of carbonyl (C=O) groups is 2. The number of amides is 1. The van der Waals surface area contributed by atoms with Crippen molar-refractivity contribution in [3.63, 3.8) is 0 Å². The fourth-order valence-corrected chi connectivity index (χ4v) is 6.69. The predicted octanol–water partition coefficient (Wildman–Crippen LogP) is 7.14. The van der Waals surface area contributed by atoms with E-state index in [1.54, 1.807) is 27.7 Å². The van der Waals surface area contributed by atoms with E-state index in [4.69, 9.17) is 6.42 Å². The summed E-state index contributed by atoms with van der Waals surface area (Å²) in [6.07, 6.45) is 1.98. The molecule has 49 heavy (non-hydrogen) atoms. The van der Waals surface area contributed by atoms with E-state index in [1.165, 1.54) is 24.3 Å². The minimum Gasteiger partial charge on any atom is -0.481 e. The average Bonchev–Trinajstić information content (AvgIpc) is 2.99. The lowest BCUT2D eigenvalue weighted by Gasteiger charge is -2.32. The van der Waals surface area contributed by atoms with Gasteiger partial charge in [0, 0.05) is 17.8 Å². The zero-order valence-electron chi connectivity index (χ0n) is 28.0. The van der Waals surface area contributed by atoms with Crippen LogP contribution in [0, 0.1) is 43.7 Å². The molecule has 0 bridgehead atoms. The molecule has 0 spiro atoms. The zero-order valence-corrected chi connectivity index (χ0v) is 28.0. The number of alkyl halides is 3. The van der Waals surface area contributed by atoms with E-state index in [0.29, 0.717) is 54.3 Å². The van der Waals surface area contributed by atoms with Gasteiger partial charge in [-0.3, -0.25) is 14.4 Å². The van der Waals surface area contributed by atoms with Gasteiger partial charge in [-0.2, -0.15) is 13.2 Å². The zero-order chi connectivity index (χ0) is 36.4. The molecule has 3 aromatic rings. The van der Waals surface area contributed by atoms with Gasteiger partial charge in [-0.1, -0.05) is 19.8 Å². The Morgan fingerprint density at radius 2 is 1.67 bits per heavy atom. The molecule has 4 rings (SSSR count). The Morgan fingerprint density at radius 1 is 1.06 bits per heavy atom. The summed E-state index contributed by atoms with van der Waals surface area (Å²) in [5.41, 5.74) is -0.745. The maximum atomic E-state index is 15.9. The molecule has 7 nitrogen and oxygen atoms in total. The van der Waals surface area contributed by atoms with Crippen molar-refractivity contribution in [3.8, 4) is 23.5 Å². The lowest BCUT2D eigenvalue weighted by atomic mass is 9.87. The number of aliphatic carboxylic acids is 1. The molecule has 0 aliphatic carbocycles. The Labute approximate surface area is 282 Å². The number of carboxylic acids is 1. The van der Waals surface area contributed by atoms with Gasteiger partial charge in [0.1, 0.15) is 17.7 Å². The van der Waals surface area contributed by atoms with Crippen LogP contribution in [0.25, 0.3) is 11.1 Å². The van der Waals surface area contributed by atoms with Crippen LogP contribution in [0.3, 0.4) is 0 Å². The van der Waals surface area contributed by atoms with Crippen LogP contribution in [-0.2, 0) is 15.8 Å². The van der Waals surface area contributed by atoms with E-state index in [1.807, 2.05) is 11.9 Å². The number of hydrogen-bond acceptors (Lipinski definition) is 4. The fourth-order valence-electron chi connectivity index (χ4n) is 6.69. The van der Waals surface area contributed by atoms with Crippen LogP contribution in [0.5, 0.6) is 0 Å². The SMILES string of the molecule is C#Cc1cc(-c2c(C)cc(F)cc2C)cc([C@H](CC(=O)O)NC(=O)[C@H](CC(C)C)n2cc(C3CCN(C)CC3)c(C(F)(F)F)cc2=O)c1F. The van der Waals surface area contributed by atoms with E-state index in [0.717, 1.165) is 10.8 Å². The minimum absolute atomic E-state index is 0.00976. The molecule has 2 heterocycles. The molecule has 0 radical (unpaired) electrons. The predicted molar refractivity (Wildman–Crippen MR) is 176 cm³/mol. The van der Waals surface area contributed by atoms with Gasteiger partial charge in [0.25, 0.3) is 5.56 Å². The number of halogens is 5. The first-order valence-electron chi connectivity index (χ1n) is 16.0. The highest BCUT2D eigenvalue weighted by molar-refractivity contribution is 5.82. The van der Waals surface area contributed by atoms with Crippen molar-refractivity contribution in [2.75, 3.05) is 20.1 Å². The number of terminal acetylenes is 1. The van der Waals surface area contributed by atoms with Crippen LogP contribution in [0.4, 0.5) is 22.0 Å². The highest BCUT2D eigenvalue weighted by Crippen LogP contribution is 2.39. The largest absolute Gasteiger partial charge is 0.481 e. The standard InChI is InChI=1S/C37H40F5N3O4/c1-7-23-15-25(34-21(4)13-26(38)14-22(34)5)16-27(35(23)39)30(18-33(47)48)43-36(49)31(12-20(2)3)45-19-28(24-8-10-44(6)11-9-24)29(17-32(45)46)37(40,41)42/h1,13-17,19-20,24,30-31H,8-12,18H2,2-6H3,(H,43,49)(H,47,48)/t30-,31-/m0/s1. The molecule has 262 valence electrons. The van der Waals surface area contributed by atoms with E-state index in [9.17, 15) is 37.1 Å². The number of piperidine rings is 1. The number of hydrogen-bond donors (Lipinski definition) is 2. The number of aryl methyl sites for hydroxylation is 2. The van der Waals surface area contributed by atoms with Gasteiger partial charge in [0.2, 0.25) is 5.91 Å². The Hall–Kier alpha value is -4.50. The van der Waals surface area contributed by atoms with Gasteiger partial charge in [0.15, 0.2) is 0 Å². The summed E-state index contributed by atoms with van der Waals surface area (Å²) in [6.45, 7) is 7.93. The summed E-state index contributed by atoms with van der Waals surface area (Å²) in [4.78, 5) is 41.5. The van der Waals surface area contributed by atoms with E-state index < -0.39 is 65.2 Å². The fraction of sp³-hybridized carbons (Fsp3) is 0.432. The van der Waals surface area contributed by atoms with Gasteiger partial charge in [0.05, 0.1) is 23.6 Å². The van der Waals surface area contributed by atoms with Gasteiger partial charge in [-0.05, 0) is 117 Å². The molecule has 2 atom stereocenters. The lowest BCUT2D eigenvalue weighted by molar-refractivity contribution is -0.139. The molecule has 1 amide bonds. The Kier molecular flexibility index (Phi) is 11.4. The number of pyridine rings is 1. The molecule has 1 aliphatic rings. The van der Waals surface area contributed by atoms with Crippen LogP contribution in [-0.4, -0.2) is 46.6 Å². The Balaban J connectivity index is 1.84. The number of carboxylic acid groups (broad SMARTS) is 1. The van der Waals surface area contributed by atoms with Crippen molar-refractivity contribution in [1.29, 1.82) is 0 Å². The highest BCUT2D eigenvalue weighted by atomic mass is 19.4. The summed E-state index contributed by atoms with van der Waals surface area (Å²) in [5.74, 6) is -2.19. The number of carbonyl (C=O) groups excluding carboxylic acids is 1. The first-order chi connectivity index (χ1) is 22.9. The normalized spacial score (nSPS) is 15.6. The number of likely N-dealkylation sites (tertiary alicyclic amines) is 1. The second-order valence-corrected chi connectivity index (χ2v) is 13.3. The third kappa shape index (κ3) is 8.57. The quantitative estimate of drug-likeness (QED) is 0.175. The van der Waals surface area contributed by atoms with Crippen molar-refractivity contribution in [3.05, 3.63) is 91.9 Å². The monoisotopic (exact) mass is 685 g/mol. The lowest BCUT2D eigenvalue weighted by Crippen LogP contribution is -2.41. The topological polar surface area (TPSA) is 91.6 Å². The molecule has 1 aliphatic heterocycles. The summed E-state index contributed by atoms with van der Waals surface area (Å²) in [7, 11) is 1.87. The maximum Gasteiger partial charge on any atom is 0.416 e.